The van der Waals surface area contributed by atoms with Crippen LogP contribution in [0.5, 0.6) is 0 Å². The molecule has 2 N–H and O–H groups in total. The lowest BCUT2D eigenvalue weighted by atomic mass is 10.2. The van der Waals surface area contributed by atoms with E-state index < -0.39 is 6.10 Å². The van der Waals surface area contributed by atoms with Gasteiger partial charge in [-0.2, -0.15) is 5.26 Å². The normalized spacial score (nSPS) is 11.9. The highest BCUT2D eigenvalue weighted by molar-refractivity contribution is 5.44. The van der Waals surface area contributed by atoms with Crippen LogP contribution in [-0.2, 0) is 0 Å². The third-order valence-corrected chi connectivity index (χ3v) is 1.66. The maximum Gasteiger partial charge on any atom is 0.127 e. The maximum absolute atomic E-state index is 9.05. The third kappa shape index (κ3) is 3.04. The Hall–Kier alpha value is -1.60. The number of pyridine rings is 1. The van der Waals surface area contributed by atoms with Crippen molar-refractivity contribution in [2.75, 3.05) is 11.9 Å². The molecule has 4 heteroatoms. The van der Waals surface area contributed by atoms with Crippen LogP contribution in [0, 0.1) is 18.3 Å². The molecule has 74 valence electrons. The molecule has 14 heavy (non-hydrogen) atoms. The Kier molecular flexibility index (Phi) is 3.43. The fourth-order valence-electron chi connectivity index (χ4n) is 1.08. The van der Waals surface area contributed by atoms with Crippen molar-refractivity contribution >= 4 is 5.82 Å². The molecular weight excluding hydrogens is 178 g/mol. The summed E-state index contributed by atoms with van der Waals surface area (Å²) >= 11 is 0. The molecule has 0 radical (unpaired) electrons. The Morgan fingerprint density at radius 1 is 1.64 bits per heavy atom. The van der Waals surface area contributed by atoms with Crippen molar-refractivity contribution in [2.24, 2.45) is 0 Å². The molecule has 0 fully saturated rings. The molecule has 1 aromatic rings. The van der Waals surface area contributed by atoms with Crippen molar-refractivity contribution in [3.05, 3.63) is 23.4 Å². The Balaban J connectivity index is 2.78. The molecule has 1 rings (SSSR count). The van der Waals surface area contributed by atoms with Crippen LogP contribution in [0.3, 0.4) is 0 Å². The lowest BCUT2D eigenvalue weighted by molar-refractivity contribution is 0.208. The van der Waals surface area contributed by atoms with Crippen molar-refractivity contribution in [1.82, 2.24) is 4.98 Å². The second-order valence-electron chi connectivity index (χ2n) is 3.22. The zero-order valence-electron chi connectivity index (χ0n) is 8.28. The number of hydrogen-bond acceptors (Lipinski definition) is 4. The van der Waals surface area contributed by atoms with Crippen LogP contribution in [0.2, 0.25) is 0 Å². The molecular formula is C10H13N3O. The van der Waals surface area contributed by atoms with Crippen molar-refractivity contribution in [3.8, 4) is 6.07 Å². The van der Waals surface area contributed by atoms with Gasteiger partial charge in [-0.15, -0.1) is 0 Å². The SMILES string of the molecule is Cc1cc(C#N)cc(NCC(C)O)n1. The van der Waals surface area contributed by atoms with Gasteiger partial charge in [-0.25, -0.2) is 4.98 Å². The second-order valence-corrected chi connectivity index (χ2v) is 3.22. The van der Waals surface area contributed by atoms with Gasteiger partial charge < -0.3 is 10.4 Å². The van der Waals surface area contributed by atoms with Crippen molar-refractivity contribution < 1.29 is 5.11 Å². The van der Waals surface area contributed by atoms with Crippen LogP contribution in [0.4, 0.5) is 5.82 Å². The van der Waals surface area contributed by atoms with Gasteiger partial charge in [0.25, 0.3) is 0 Å². The molecule has 1 unspecified atom stereocenters. The van der Waals surface area contributed by atoms with E-state index >= 15 is 0 Å². The Morgan fingerprint density at radius 2 is 2.36 bits per heavy atom. The number of anilines is 1. The first-order chi connectivity index (χ1) is 6.61. The largest absolute Gasteiger partial charge is 0.392 e. The van der Waals surface area contributed by atoms with Gasteiger partial charge in [0.05, 0.1) is 17.7 Å². The summed E-state index contributed by atoms with van der Waals surface area (Å²) in [5.74, 6) is 0.627. The molecule has 0 bridgehead atoms. The summed E-state index contributed by atoms with van der Waals surface area (Å²) in [6, 6.07) is 5.43. The van der Waals surface area contributed by atoms with Gasteiger partial charge in [0.1, 0.15) is 5.82 Å². The molecule has 0 aliphatic carbocycles. The van der Waals surface area contributed by atoms with Gasteiger partial charge in [0.15, 0.2) is 0 Å². The summed E-state index contributed by atoms with van der Waals surface area (Å²) in [6.45, 7) is 3.95. The van der Waals surface area contributed by atoms with Gasteiger partial charge in [0.2, 0.25) is 0 Å². The second kappa shape index (κ2) is 4.58. The van der Waals surface area contributed by atoms with Crippen LogP contribution < -0.4 is 5.32 Å². The monoisotopic (exact) mass is 191 g/mol. The first-order valence-electron chi connectivity index (χ1n) is 4.42. The Bertz CT molecular complexity index is 355. The highest BCUT2D eigenvalue weighted by Crippen LogP contribution is 2.08. The predicted octanol–water partition coefficient (Wildman–Crippen LogP) is 1.05. The van der Waals surface area contributed by atoms with E-state index in [0.717, 1.165) is 5.69 Å². The fourth-order valence-corrected chi connectivity index (χ4v) is 1.08. The highest BCUT2D eigenvalue weighted by atomic mass is 16.3. The minimum absolute atomic E-state index is 0.428. The van der Waals surface area contributed by atoms with E-state index in [4.69, 9.17) is 10.4 Å². The van der Waals surface area contributed by atoms with Crippen molar-refractivity contribution in [1.29, 1.82) is 5.26 Å². The quantitative estimate of drug-likeness (QED) is 0.749. The Labute approximate surface area is 83.2 Å². The standard InChI is InChI=1S/C10H13N3O/c1-7-3-9(5-11)4-10(13-7)12-6-8(2)14/h3-4,8,14H,6H2,1-2H3,(H,12,13). The predicted molar refractivity (Wildman–Crippen MR) is 53.9 cm³/mol. The molecule has 0 spiro atoms. The lowest BCUT2D eigenvalue weighted by Gasteiger charge is -2.08. The number of aliphatic hydroxyl groups is 1. The van der Waals surface area contributed by atoms with Crippen LogP contribution in [-0.4, -0.2) is 22.7 Å². The molecule has 1 heterocycles. The van der Waals surface area contributed by atoms with Gasteiger partial charge >= 0.3 is 0 Å². The number of aliphatic hydroxyl groups excluding tert-OH is 1. The molecule has 1 atom stereocenters. The third-order valence-electron chi connectivity index (χ3n) is 1.66. The number of rotatable bonds is 3. The first-order valence-corrected chi connectivity index (χ1v) is 4.42. The summed E-state index contributed by atoms with van der Waals surface area (Å²) in [7, 11) is 0. The van der Waals surface area contributed by atoms with E-state index in [0.29, 0.717) is 17.9 Å². The number of aryl methyl sites for hydroxylation is 1. The molecule has 0 saturated carbocycles. The average Bonchev–Trinajstić information content (AvgIpc) is 2.14. The van der Waals surface area contributed by atoms with E-state index in [2.05, 4.69) is 16.4 Å². The maximum atomic E-state index is 9.05. The number of aromatic nitrogens is 1. The van der Waals surface area contributed by atoms with E-state index in [-0.39, 0.29) is 0 Å². The molecule has 4 nitrogen and oxygen atoms in total. The van der Waals surface area contributed by atoms with E-state index in [1.165, 1.54) is 0 Å². The van der Waals surface area contributed by atoms with Crippen molar-refractivity contribution in [3.63, 3.8) is 0 Å². The highest BCUT2D eigenvalue weighted by Gasteiger charge is 2.00. The van der Waals surface area contributed by atoms with Crippen LogP contribution in [0.15, 0.2) is 12.1 Å². The number of nitrogens with zero attached hydrogens (tertiary/aromatic N) is 2. The van der Waals surface area contributed by atoms with E-state index in [1.807, 2.05) is 6.92 Å². The summed E-state index contributed by atoms with van der Waals surface area (Å²) in [4.78, 5) is 4.18. The number of nitriles is 1. The molecule has 0 amide bonds. The summed E-state index contributed by atoms with van der Waals surface area (Å²) in [6.07, 6.45) is -0.428. The van der Waals surface area contributed by atoms with Crippen LogP contribution in [0.1, 0.15) is 18.2 Å². The molecule has 0 saturated heterocycles. The smallest absolute Gasteiger partial charge is 0.127 e. The van der Waals surface area contributed by atoms with Crippen molar-refractivity contribution in [2.45, 2.75) is 20.0 Å². The van der Waals surface area contributed by atoms with Gasteiger partial charge in [-0.1, -0.05) is 0 Å². The Morgan fingerprint density at radius 3 is 2.93 bits per heavy atom. The first kappa shape index (κ1) is 10.5. The fraction of sp³-hybridized carbons (Fsp3) is 0.400. The average molecular weight is 191 g/mol. The molecule has 0 aromatic carbocycles. The van der Waals surface area contributed by atoms with Gasteiger partial charge in [-0.05, 0) is 26.0 Å². The minimum Gasteiger partial charge on any atom is -0.392 e. The number of hydrogen-bond donors (Lipinski definition) is 2. The minimum atomic E-state index is -0.428. The molecule has 0 aliphatic rings. The summed E-state index contributed by atoms with van der Waals surface area (Å²) in [5, 5.41) is 20.7. The van der Waals surface area contributed by atoms with Gasteiger partial charge in [-0.3, -0.25) is 0 Å². The zero-order chi connectivity index (χ0) is 10.6. The van der Waals surface area contributed by atoms with Crippen LogP contribution >= 0.6 is 0 Å². The van der Waals surface area contributed by atoms with E-state index in [9.17, 15) is 0 Å². The van der Waals surface area contributed by atoms with E-state index in [1.54, 1.807) is 19.1 Å². The zero-order valence-corrected chi connectivity index (χ0v) is 8.28. The van der Waals surface area contributed by atoms with Gasteiger partial charge in [0, 0.05) is 12.2 Å². The number of nitrogens with one attached hydrogen (secondary N) is 1. The summed E-state index contributed by atoms with van der Waals surface area (Å²) < 4.78 is 0. The molecule has 1 aromatic heterocycles. The topological polar surface area (TPSA) is 68.9 Å². The van der Waals surface area contributed by atoms with Crippen LogP contribution in [0.25, 0.3) is 0 Å². The summed E-state index contributed by atoms with van der Waals surface area (Å²) in [5.41, 5.74) is 1.36. The lowest BCUT2D eigenvalue weighted by Crippen LogP contribution is -2.16. The molecule has 0 aliphatic heterocycles.